The Hall–Kier alpha value is -2.77. The first-order valence-corrected chi connectivity index (χ1v) is 11.3. The minimum absolute atomic E-state index is 0.239. The van der Waals surface area contributed by atoms with E-state index in [9.17, 15) is 0 Å². The Morgan fingerprint density at radius 2 is 1.59 bits per heavy atom. The van der Waals surface area contributed by atoms with Gasteiger partial charge in [0.25, 0.3) is 0 Å². The highest BCUT2D eigenvalue weighted by Crippen LogP contribution is 2.23. The standard InChI is InChI=1S/C25H36N4O3/c1-26-25(27-14-4-5-20-6-10-22(30-2)11-7-20)28-19-24(29-15-17-32-18-16-29)21-8-12-23(31-3)13-9-21/h6-13,24H,4-5,14-19H2,1-3H3,(H2,26,27,28). The molecule has 1 heterocycles. The third kappa shape index (κ3) is 7.14. The summed E-state index contributed by atoms with van der Waals surface area (Å²) in [6.07, 6.45) is 2.04. The topological polar surface area (TPSA) is 67.4 Å². The number of benzene rings is 2. The van der Waals surface area contributed by atoms with E-state index in [0.29, 0.717) is 0 Å². The molecule has 1 aliphatic heterocycles. The molecule has 7 nitrogen and oxygen atoms in total. The minimum atomic E-state index is 0.239. The number of guanidine groups is 1. The van der Waals surface area contributed by atoms with E-state index in [2.05, 4.69) is 44.8 Å². The molecule has 0 spiro atoms. The highest BCUT2D eigenvalue weighted by atomic mass is 16.5. The van der Waals surface area contributed by atoms with Crippen molar-refractivity contribution in [2.75, 3.05) is 60.7 Å². The summed E-state index contributed by atoms with van der Waals surface area (Å²) < 4.78 is 16.1. The van der Waals surface area contributed by atoms with Crippen LogP contribution in [0.3, 0.4) is 0 Å². The summed E-state index contributed by atoms with van der Waals surface area (Å²) >= 11 is 0. The maximum Gasteiger partial charge on any atom is 0.191 e. The van der Waals surface area contributed by atoms with Gasteiger partial charge in [-0.25, -0.2) is 0 Å². The van der Waals surface area contributed by atoms with Gasteiger partial charge in [0, 0.05) is 33.2 Å². The lowest BCUT2D eigenvalue weighted by molar-refractivity contribution is 0.0170. The van der Waals surface area contributed by atoms with Crippen molar-refractivity contribution in [3.63, 3.8) is 0 Å². The Labute approximate surface area is 191 Å². The number of hydrogen-bond donors (Lipinski definition) is 2. The third-order valence-corrected chi connectivity index (χ3v) is 5.77. The first-order chi connectivity index (χ1) is 15.7. The highest BCUT2D eigenvalue weighted by molar-refractivity contribution is 5.79. The Morgan fingerprint density at radius 1 is 0.969 bits per heavy atom. The smallest absolute Gasteiger partial charge is 0.191 e. The summed E-state index contributed by atoms with van der Waals surface area (Å²) in [5.74, 6) is 2.59. The van der Waals surface area contributed by atoms with E-state index in [1.165, 1.54) is 11.1 Å². The van der Waals surface area contributed by atoms with E-state index in [0.717, 1.165) is 69.7 Å². The van der Waals surface area contributed by atoms with Crippen LogP contribution in [0.25, 0.3) is 0 Å². The van der Waals surface area contributed by atoms with Crippen LogP contribution in [0.5, 0.6) is 11.5 Å². The number of rotatable bonds is 10. The van der Waals surface area contributed by atoms with Crippen molar-refractivity contribution >= 4 is 5.96 Å². The van der Waals surface area contributed by atoms with Gasteiger partial charge in [0.2, 0.25) is 0 Å². The number of ether oxygens (including phenoxy) is 3. The van der Waals surface area contributed by atoms with Gasteiger partial charge in [-0.1, -0.05) is 24.3 Å². The fourth-order valence-electron chi connectivity index (χ4n) is 3.88. The lowest BCUT2D eigenvalue weighted by Gasteiger charge is -2.35. The molecule has 0 amide bonds. The fraction of sp³-hybridized carbons (Fsp3) is 0.480. The number of hydrogen-bond acceptors (Lipinski definition) is 5. The molecule has 174 valence electrons. The maximum atomic E-state index is 5.56. The monoisotopic (exact) mass is 440 g/mol. The van der Waals surface area contributed by atoms with Gasteiger partial charge in [0.1, 0.15) is 11.5 Å². The average molecular weight is 441 g/mol. The van der Waals surface area contributed by atoms with Crippen LogP contribution in [0.4, 0.5) is 0 Å². The maximum absolute atomic E-state index is 5.56. The second-order valence-electron chi connectivity index (χ2n) is 7.77. The predicted octanol–water partition coefficient (Wildman–Crippen LogP) is 2.87. The number of aryl methyl sites for hydroxylation is 1. The van der Waals surface area contributed by atoms with Gasteiger partial charge in [-0.15, -0.1) is 0 Å². The minimum Gasteiger partial charge on any atom is -0.497 e. The Bertz CT molecular complexity index is 818. The second kappa shape index (κ2) is 12.9. The van der Waals surface area contributed by atoms with E-state index in [4.69, 9.17) is 14.2 Å². The SMILES string of the molecule is CN=C(NCCCc1ccc(OC)cc1)NCC(c1ccc(OC)cc1)N1CCOCC1. The van der Waals surface area contributed by atoms with Crippen LogP contribution in [0.2, 0.25) is 0 Å². The van der Waals surface area contributed by atoms with Crippen molar-refractivity contribution in [3.8, 4) is 11.5 Å². The van der Waals surface area contributed by atoms with Gasteiger partial charge < -0.3 is 24.8 Å². The van der Waals surface area contributed by atoms with Gasteiger partial charge in [0.05, 0.1) is 33.5 Å². The molecule has 1 fully saturated rings. The molecule has 0 aromatic heterocycles. The molecule has 1 unspecified atom stereocenters. The molecule has 2 N–H and O–H groups in total. The zero-order valence-electron chi connectivity index (χ0n) is 19.5. The van der Waals surface area contributed by atoms with Crippen LogP contribution < -0.4 is 20.1 Å². The molecule has 0 aliphatic carbocycles. The molecule has 1 atom stereocenters. The molecule has 0 radical (unpaired) electrons. The quantitative estimate of drug-likeness (QED) is 0.336. The van der Waals surface area contributed by atoms with Crippen molar-refractivity contribution in [2.24, 2.45) is 4.99 Å². The average Bonchev–Trinajstić information content (AvgIpc) is 2.86. The van der Waals surface area contributed by atoms with Gasteiger partial charge in [-0.3, -0.25) is 9.89 Å². The van der Waals surface area contributed by atoms with E-state index >= 15 is 0 Å². The van der Waals surface area contributed by atoms with Crippen LogP contribution >= 0.6 is 0 Å². The van der Waals surface area contributed by atoms with Crippen LogP contribution in [0.15, 0.2) is 53.5 Å². The fourth-order valence-corrected chi connectivity index (χ4v) is 3.88. The first kappa shape index (κ1) is 23.9. The van der Waals surface area contributed by atoms with Gasteiger partial charge in [-0.05, 0) is 48.2 Å². The van der Waals surface area contributed by atoms with Crippen molar-refractivity contribution in [2.45, 2.75) is 18.9 Å². The Balaban J connectivity index is 1.50. The zero-order valence-corrected chi connectivity index (χ0v) is 19.5. The first-order valence-electron chi connectivity index (χ1n) is 11.3. The van der Waals surface area contributed by atoms with E-state index in [1.807, 2.05) is 31.3 Å². The number of nitrogens with one attached hydrogen (secondary N) is 2. The normalized spacial score (nSPS) is 15.8. The molecule has 32 heavy (non-hydrogen) atoms. The summed E-state index contributed by atoms with van der Waals surface area (Å²) in [4.78, 5) is 6.88. The number of methoxy groups -OCH3 is 2. The van der Waals surface area contributed by atoms with Crippen molar-refractivity contribution in [1.29, 1.82) is 0 Å². The van der Waals surface area contributed by atoms with E-state index in [1.54, 1.807) is 14.2 Å². The van der Waals surface area contributed by atoms with Crippen LogP contribution in [0.1, 0.15) is 23.6 Å². The molecule has 1 saturated heterocycles. The van der Waals surface area contributed by atoms with Gasteiger partial charge in [0.15, 0.2) is 5.96 Å². The number of morpholine rings is 1. The third-order valence-electron chi connectivity index (χ3n) is 5.77. The molecular formula is C25H36N4O3. The molecule has 7 heteroatoms. The van der Waals surface area contributed by atoms with Crippen molar-refractivity contribution in [1.82, 2.24) is 15.5 Å². The zero-order chi connectivity index (χ0) is 22.6. The van der Waals surface area contributed by atoms with E-state index in [-0.39, 0.29) is 6.04 Å². The van der Waals surface area contributed by atoms with Gasteiger partial charge >= 0.3 is 0 Å². The summed E-state index contributed by atoms with van der Waals surface area (Å²) in [6.45, 7) is 5.01. The molecular weight excluding hydrogens is 404 g/mol. The predicted molar refractivity (Wildman–Crippen MR) is 129 cm³/mol. The van der Waals surface area contributed by atoms with Gasteiger partial charge in [-0.2, -0.15) is 0 Å². The Kier molecular flexibility index (Phi) is 9.65. The molecule has 2 aromatic rings. The Morgan fingerprint density at radius 3 is 2.19 bits per heavy atom. The lowest BCUT2D eigenvalue weighted by Crippen LogP contribution is -2.46. The lowest BCUT2D eigenvalue weighted by atomic mass is 10.0. The molecule has 1 aliphatic rings. The van der Waals surface area contributed by atoms with Crippen LogP contribution in [0, 0.1) is 0 Å². The number of nitrogens with zero attached hydrogens (tertiary/aromatic N) is 2. The van der Waals surface area contributed by atoms with Crippen LogP contribution in [-0.4, -0.2) is 71.5 Å². The molecule has 0 saturated carbocycles. The number of aliphatic imine (C=N–C) groups is 1. The summed E-state index contributed by atoms with van der Waals surface area (Å²) in [7, 11) is 5.20. The summed E-state index contributed by atoms with van der Waals surface area (Å²) in [6, 6.07) is 16.8. The summed E-state index contributed by atoms with van der Waals surface area (Å²) in [5.41, 5.74) is 2.57. The van der Waals surface area contributed by atoms with E-state index < -0.39 is 0 Å². The second-order valence-corrected chi connectivity index (χ2v) is 7.77. The highest BCUT2D eigenvalue weighted by Gasteiger charge is 2.23. The largest absolute Gasteiger partial charge is 0.497 e. The summed E-state index contributed by atoms with van der Waals surface area (Å²) in [5, 5.41) is 6.96. The van der Waals surface area contributed by atoms with Crippen molar-refractivity contribution in [3.05, 3.63) is 59.7 Å². The van der Waals surface area contributed by atoms with Crippen molar-refractivity contribution < 1.29 is 14.2 Å². The molecule has 0 bridgehead atoms. The molecule has 2 aromatic carbocycles. The van der Waals surface area contributed by atoms with Crippen LogP contribution in [-0.2, 0) is 11.2 Å². The molecule has 3 rings (SSSR count).